The number of carbonyl (C=O) groups is 1. The minimum atomic E-state index is -0.680. The van der Waals surface area contributed by atoms with Crippen molar-refractivity contribution in [3.8, 4) is 0 Å². The van der Waals surface area contributed by atoms with Crippen molar-refractivity contribution >= 4 is 5.97 Å². The van der Waals surface area contributed by atoms with E-state index in [2.05, 4.69) is 19.6 Å². The first-order valence-corrected chi connectivity index (χ1v) is 6.47. The Morgan fingerprint density at radius 1 is 1.44 bits per heavy atom. The fraction of sp³-hybridized carbons (Fsp3) is 0.533. The van der Waals surface area contributed by atoms with Gasteiger partial charge in [-0.2, -0.15) is 0 Å². The van der Waals surface area contributed by atoms with Gasteiger partial charge in [0.15, 0.2) is 0 Å². The molecule has 1 aliphatic carbocycles. The Kier molecular flexibility index (Phi) is 3.71. The monoisotopic (exact) mass is 248 g/mol. The van der Waals surface area contributed by atoms with Crippen LogP contribution in [0, 0.1) is 5.92 Å². The standard InChI is InChI=1S/C15H20O3/c1-9-5-4-6-10(2)8-13-14(12(16)7-9)11(3)15(17)18-13/h5,10,12,16H,3-4,6-8H2,1-2H3/b9-5-. The van der Waals surface area contributed by atoms with E-state index in [1.165, 1.54) is 0 Å². The third kappa shape index (κ3) is 2.56. The summed E-state index contributed by atoms with van der Waals surface area (Å²) in [5, 5.41) is 10.3. The van der Waals surface area contributed by atoms with Crippen LogP contribution in [0.4, 0.5) is 0 Å². The summed E-state index contributed by atoms with van der Waals surface area (Å²) in [4.78, 5) is 11.6. The molecule has 18 heavy (non-hydrogen) atoms. The third-order valence-corrected chi connectivity index (χ3v) is 3.62. The molecule has 0 saturated heterocycles. The summed E-state index contributed by atoms with van der Waals surface area (Å²) >= 11 is 0. The Balaban J connectivity index is 2.34. The van der Waals surface area contributed by atoms with E-state index in [1.807, 2.05) is 6.92 Å². The summed E-state index contributed by atoms with van der Waals surface area (Å²) in [6, 6.07) is 0. The van der Waals surface area contributed by atoms with Gasteiger partial charge in [0.05, 0.1) is 11.7 Å². The van der Waals surface area contributed by atoms with Gasteiger partial charge in [-0.15, -0.1) is 0 Å². The molecular weight excluding hydrogens is 228 g/mol. The first-order chi connectivity index (χ1) is 8.49. The number of esters is 1. The molecule has 0 saturated carbocycles. The summed E-state index contributed by atoms with van der Waals surface area (Å²) in [6.45, 7) is 7.88. The lowest BCUT2D eigenvalue weighted by Gasteiger charge is -2.17. The molecule has 0 fully saturated rings. The van der Waals surface area contributed by atoms with E-state index in [4.69, 9.17) is 4.74 Å². The van der Waals surface area contributed by atoms with Gasteiger partial charge < -0.3 is 9.84 Å². The van der Waals surface area contributed by atoms with Crippen LogP contribution in [0.15, 0.2) is 35.1 Å². The zero-order chi connectivity index (χ0) is 13.3. The van der Waals surface area contributed by atoms with Gasteiger partial charge in [0, 0.05) is 12.0 Å². The molecule has 0 spiro atoms. The predicted molar refractivity (Wildman–Crippen MR) is 69.7 cm³/mol. The molecule has 0 aromatic rings. The van der Waals surface area contributed by atoms with Crippen LogP contribution in [-0.2, 0) is 9.53 Å². The average Bonchev–Trinajstić information content (AvgIpc) is 2.53. The number of hydrogen-bond acceptors (Lipinski definition) is 3. The van der Waals surface area contributed by atoms with Crippen LogP contribution in [0.2, 0.25) is 0 Å². The molecule has 2 unspecified atom stereocenters. The van der Waals surface area contributed by atoms with Crippen LogP contribution in [0.1, 0.15) is 39.5 Å². The molecule has 2 aliphatic rings. The SMILES string of the molecule is C=C1C(=O)OC2=C1C(O)C/C(C)=C\CCC(C)C2. The normalized spacial score (nSPS) is 32.7. The summed E-state index contributed by atoms with van der Waals surface area (Å²) in [5.41, 5.74) is 2.08. The Labute approximate surface area is 108 Å². The molecular formula is C15H20O3. The summed E-state index contributed by atoms with van der Waals surface area (Å²) in [5.74, 6) is 0.648. The first kappa shape index (κ1) is 13.1. The van der Waals surface area contributed by atoms with Crippen molar-refractivity contribution in [3.05, 3.63) is 35.1 Å². The Hall–Kier alpha value is -1.35. The molecule has 2 rings (SSSR count). The van der Waals surface area contributed by atoms with Crippen molar-refractivity contribution in [2.24, 2.45) is 5.92 Å². The van der Waals surface area contributed by atoms with E-state index in [0.29, 0.717) is 35.7 Å². The number of hydrogen-bond donors (Lipinski definition) is 1. The van der Waals surface area contributed by atoms with Gasteiger partial charge in [-0.25, -0.2) is 4.79 Å². The highest BCUT2D eigenvalue weighted by Crippen LogP contribution is 2.35. The number of ether oxygens (including phenoxy) is 1. The highest BCUT2D eigenvalue weighted by atomic mass is 16.5. The van der Waals surface area contributed by atoms with Crippen molar-refractivity contribution < 1.29 is 14.6 Å². The van der Waals surface area contributed by atoms with E-state index in [-0.39, 0.29) is 0 Å². The van der Waals surface area contributed by atoms with E-state index >= 15 is 0 Å². The zero-order valence-electron chi connectivity index (χ0n) is 11.0. The second-order valence-corrected chi connectivity index (χ2v) is 5.36. The number of aliphatic hydroxyl groups excluding tert-OH is 1. The fourth-order valence-electron chi connectivity index (χ4n) is 2.57. The molecule has 0 aromatic carbocycles. The Morgan fingerprint density at radius 2 is 2.17 bits per heavy atom. The predicted octanol–water partition coefficient (Wildman–Crippen LogP) is 2.87. The van der Waals surface area contributed by atoms with Gasteiger partial charge in [0.25, 0.3) is 0 Å². The number of rotatable bonds is 0. The van der Waals surface area contributed by atoms with Gasteiger partial charge in [-0.3, -0.25) is 0 Å². The van der Waals surface area contributed by atoms with Gasteiger partial charge in [-0.05, 0) is 32.1 Å². The summed E-state index contributed by atoms with van der Waals surface area (Å²) < 4.78 is 5.25. The van der Waals surface area contributed by atoms with Crippen LogP contribution >= 0.6 is 0 Å². The van der Waals surface area contributed by atoms with Gasteiger partial charge in [0.1, 0.15) is 5.76 Å². The fourth-order valence-corrected chi connectivity index (χ4v) is 2.57. The quantitative estimate of drug-likeness (QED) is 0.407. The van der Waals surface area contributed by atoms with E-state index in [0.717, 1.165) is 18.4 Å². The molecule has 1 N–H and O–H groups in total. The van der Waals surface area contributed by atoms with Crippen LogP contribution in [0.3, 0.4) is 0 Å². The smallest absolute Gasteiger partial charge is 0.343 e. The summed E-state index contributed by atoms with van der Waals surface area (Å²) in [6.07, 6.45) is 4.81. The second-order valence-electron chi connectivity index (χ2n) is 5.36. The van der Waals surface area contributed by atoms with Gasteiger partial charge in [-0.1, -0.05) is 25.2 Å². The van der Waals surface area contributed by atoms with Crippen molar-refractivity contribution in [2.75, 3.05) is 0 Å². The zero-order valence-corrected chi connectivity index (χ0v) is 11.0. The minimum Gasteiger partial charge on any atom is -0.427 e. The molecule has 1 heterocycles. The van der Waals surface area contributed by atoms with Crippen molar-refractivity contribution in [1.29, 1.82) is 0 Å². The van der Waals surface area contributed by atoms with Crippen molar-refractivity contribution in [2.45, 2.75) is 45.6 Å². The lowest BCUT2D eigenvalue weighted by Crippen LogP contribution is -2.14. The maximum atomic E-state index is 11.6. The Morgan fingerprint density at radius 3 is 2.89 bits per heavy atom. The van der Waals surface area contributed by atoms with Gasteiger partial charge in [0.2, 0.25) is 0 Å². The number of aliphatic hydroxyl groups is 1. The van der Waals surface area contributed by atoms with Crippen LogP contribution in [0.25, 0.3) is 0 Å². The van der Waals surface area contributed by atoms with Crippen LogP contribution < -0.4 is 0 Å². The highest BCUT2D eigenvalue weighted by Gasteiger charge is 2.33. The maximum Gasteiger partial charge on any atom is 0.343 e. The first-order valence-electron chi connectivity index (χ1n) is 6.47. The number of carbonyl (C=O) groups excluding carboxylic acids is 1. The second kappa shape index (κ2) is 5.11. The molecule has 0 radical (unpaired) electrons. The van der Waals surface area contributed by atoms with Gasteiger partial charge >= 0.3 is 5.97 Å². The largest absolute Gasteiger partial charge is 0.427 e. The molecule has 98 valence electrons. The lowest BCUT2D eigenvalue weighted by molar-refractivity contribution is -0.133. The molecule has 1 aliphatic heterocycles. The maximum absolute atomic E-state index is 11.6. The topological polar surface area (TPSA) is 46.5 Å². The lowest BCUT2D eigenvalue weighted by atomic mass is 9.90. The molecule has 0 bridgehead atoms. The molecule has 2 atom stereocenters. The minimum absolute atomic E-state index is 0.318. The van der Waals surface area contributed by atoms with Crippen molar-refractivity contribution in [1.82, 2.24) is 0 Å². The molecule has 0 amide bonds. The van der Waals surface area contributed by atoms with E-state index in [1.54, 1.807) is 0 Å². The van der Waals surface area contributed by atoms with Crippen LogP contribution in [-0.4, -0.2) is 17.2 Å². The van der Waals surface area contributed by atoms with E-state index < -0.39 is 12.1 Å². The van der Waals surface area contributed by atoms with Crippen LogP contribution in [0.5, 0.6) is 0 Å². The molecule has 3 heteroatoms. The van der Waals surface area contributed by atoms with E-state index in [9.17, 15) is 9.90 Å². The average molecular weight is 248 g/mol. The molecule has 3 nitrogen and oxygen atoms in total. The summed E-state index contributed by atoms with van der Waals surface area (Å²) in [7, 11) is 0. The Bertz CT molecular complexity index is 443. The van der Waals surface area contributed by atoms with Crippen molar-refractivity contribution in [3.63, 3.8) is 0 Å². The third-order valence-electron chi connectivity index (χ3n) is 3.62. The highest BCUT2D eigenvalue weighted by molar-refractivity contribution is 5.96. The number of allylic oxidation sites excluding steroid dienone is 2. The molecule has 0 aromatic heterocycles.